The number of aromatic nitrogens is 2. The van der Waals surface area contributed by atoms with Crippen molar-refractivity contribution in [1.82, 2.24) is 14.1 Å². The Hall–Kier alpha value is -2.06. The summed E-state index contributed by atoms with van der Waals surface area (Å²) in [6.07, 6.45) is 5.94. The standard InChI is InChI=1S/C19H25N3O4S/c1-3-21-12-18(11-20-21)27(23,24)22-15-8-7-14(9-15)19(22)13-26-17-6-4-5-16(10-17)25-2/h4-6,10-12,14-15,19H,3,7-9,13H2,1-2H3/t14?,15?,19-/m1/s1. The van der Waals surface area contributed by atoms with Crippen LogP contribution in [0.25, 0.3) is 0 Å². The number of nitrogens with zero attached hydrogens (tertiary/aromatic N) is 3. The molecule has 3 atom stereocenters. The van der Waals surface area contributed by atoms with Crippen molar-refractivity contribution in [1.29, 1.82) is 0 Å². The number of methoxy groups -OCH3 is 1. The number of ether oxygens (including phenoxy) is 2. The van der Waals surface area contributed by atoms with Crippen LogP contribution in [0, 0.1) is 5.92 Å². The molecule has 1 saturated carbocycles. The van der Waals surface area contributed by atoms with Crippen LogP contribution in [0.1, 0.15) is 26.2 Å². The zero-order chi connectivity index (χ0) is 19.0. The molecule has 2 heterocycles. The molecular weight excluding hydrogens is 366 g/mol. The van der Waals surface area contributed by atoms with Crippen molar-refractivity contribution >= 4 is 10.0 Å². The van der Waals surface area contributed by atoms with Crippen LogP contribution in [0.3, 0.4) is 0 Å². The first kappa shape index (κ1) is 18.3. The molecule has 8 heteroatoms. The fourth-order valence-corrected chi connectivity index (χ4v) is 6.13. The van der Waals surface area contributed by atoms with Gasteiger partial charge in [0.1, 0.15) is 23.0 Å². The van der Waals surface area contributed by atoms with Crippen molar-refractivity contribution < 1.29 is 17.9 Å². The van der Waals surface area contributed by atoms with Gasteiger partial charge in [-0.15, -0.1) is 0 Å². The van der Waals surface area contributed by atoms with Crippen molar-refractivity contribution in [2.75, 3.05) is 13.7 Å². The predicted molar refractivity (Wildman–Crippen MR) is 100 cm³/mol. The van der Waals surface area contributed by atoms with E-state index in [0.717, 1.165) is 25.0 Å². The second-order valence-electron chi connectivity index (χ2n) is 7.15. The third kappa shape index (κ3) is 3.32. The maximum absolute atomic E-state index is 13.3. The molecule has 146 valence electrons. The second-order valence-corrected chi connectivity index (χ2v) is 8.99. The first-order valence-electron chi connectivity index (χ1n) is 9.35. The van der Waals surface area contributed by atoms with Crippen molar-refractivity contribution in [3.63, 3.8) is 0 Å². The van der Waals surface area contributed by atoms with E-state index in [4.69, 9.17) is 9.47 Å². The highest BCUT2D eigenvalue weighted by molar-refractivity contribution is 7.89. The highest BCUT2D eigenvalue weighted by Gasteiger charge is 2.52. The van der Waals surface area contributed by atoms with Crippen LogP contribution in [0.5, 0.6) is 11.5 Å². The van der Waals surface area contributed by atoms with Crippen LogP contribution in [0.15, 0.2) is 41.6 Å². The topological polar surface area (TPSA) is 73.7 Å². The molecule has 0 amide bonds. The maximum Gasteiger partial charge on any atom is 0.246 e. The minimum Gasteiger partial charge on any atom is -0.497 e. The molecule has 27 heavy (non-hydrogen) atoms. The molecule has 2 aliphatic rings. The van der Waals surface area contributed by atoms with Gasteiger partial charge in [-0.05, 0) is 44.2 Å². The average molecular weight is 391 g/mol. The molecule has 1 aliphatic heterocycles. The van der Waals surface area contributed by atoms with Gasteiger partial charge >= 0.3 is 0 Å². The Labute approximate surface area is 159 Å². The van der Waals surface area contributed by atoms with Gasteiger partial charge in [0.2, 0.25) is 10.0 Å². The molecule has 0 radical (unpaired) electrons. The molecule has 1 aromatic heterocycles. The van der Waals surface area contributed by atoms with Crippen LogP contribution >= 0.6 is 0 Å². The normalized spacial score (nSPS) is 25.0. The Bertz CT molecular complexity index is 911. The summed E-state index contributed by atoms with van der Waals surface area (Å²) in [4.78, 5) is 0.267. The monoisotopic (exact) mass is 391 g/mol. The summed E-state index contributed by atoms with van der Waals surface area (Å²) in [6.45, 7) is 2.92. The minimum atomic E-state index is -3.58. The van der Waals surface area contributed by atoms with Gasteiger partial charge in [0.15, 0.2) is 0 Å². The summed E-state index contributed by atoms with van der Waals surface area (Å²) < 4.78 is 41.1. The molecule has 2 bridgehead atoms. The molecule has 4 rings (SSSR count). The van der Waals surface area contributed by atoms with E-state index in [1.807, 2.05) is 31.2 Å². The highest BCUT2D eigenvalue weighted by Crippen LogP contribution is 2.45. The SMILES string of the molecule is CCn1cc(S(=O)(=O)N2C3CCC(C3)[C@H]2COc2cccc(OC)c2)cn1. The summed E-state index contributed by atoms with van der Waals surface area (Å²) in [7, 11) is -1.97. The molecule has 0 N–H and O–H groups in total. The first-order chi connectivity index (χ1) is 13.0. The van der Waals surface area contributed by atoms with Gasteiger partial charge in [-0.2, -0.15) is 9.40 Å². The third-order valence-corrected chi connectivity index (χ3v) is 7.58. The Balaban J connectivity index is 1.55. The largest absolute Gasteiger partial charge is 0.497 e. The van der Waals surface area contributed by atoms with Gasteiger partial charge in [-0.1, -0.05) is 6.07 Å². The number of sulfonamides is 1. The van der Waals surface area contributed by atoms with Gasteiger partial charge in [-0.3, -0.25) is 4.68 Å². The molecule has 2 fully saturated rings. The molecule has 1 saturated heterocycles. The van der Waals surface area contributed by atoms with E-state index in [0.29, 0.717) is 24.8 Å². The molecule has 0 spiro atoms. The number of piperidine rings is 1. The van der Waals surface area contributed by atoms with E-state index in [-0.39, 0.29) is 17.0 Å². The van der Waals surface area contributed by atoms with Crippen LogP contribution in [0.2, 0.25) is 0 Å². The van der Waals surface area contributed by atoms with Crippen molar-refractivity contribution in [2.24, 2.45) is 5.92 Å². The fourth-order valence-electron chi connectivity index (χ4n) is 4.28. The van der Waals surface area contributed by atoms with E-state index in [1.54, 1.807) is 22.3 Å². The van der Waals surface area contributed by atoms with Gasteiger partial charge in [0, 0.05) is 24.8 Å². The van der Waals surface area contributed by atoms with E-state index in [9.17, 15) is 8.42 Å². The van der Waals surface area contributed by atoms with Gasteiger partial charge in [0.25, 0.3) is 0 Å². The Kier molecular flexibility index (Phi) is 4.86. The molecule has 7 nitrogen and oxygen atoms in total. The number of benzene rings is 1. The maximum atomic E-state index is 13.3. The smallest absolute Gasteiger partial charge is 0.246 e. The fraction of sp³-hybridized carbons (Fsp3) is 0.526. The second kappa shape index (κ2) is 7.16. The lowest BCUT2D eigenvalue weighted by atomic mass is 10.0. The Morgan fingerprint density at radius 3 is 2.81 bits per heavy atom. The molecule has 2 aromatic rings. The lowest BCUT2D eigenvalue weighted by molar-refractivity contribution is 0.162. The van der Waals surface area contributed by atoms with E-state index in [2.05, 4.69) is 5.10 Å². The first-order valence-corrected chi connectivity index (χ1v) is 10.8. The van der Waals surface area contributed by atoms with Crippen LogP contribution in [-0.4, -0.2) is 48.3 Å². The lowest BCUT2D eigenvalue weighted by Gasteiger charge is -2.33. The summed E-state index contributed by atoms with van der Waals surface area (Å²) in [5.74, 6) is 1.75. The Morgan fingerprint density at radius 2 is 2.07 bits per heavy atom. The van der Waals surface area contributed by atoms with E-state index in [1.165, 1.54) is 6.20 Å². The van der Waals surface area contributed by atoms with Crippen molar-refractivity contribution in [2.45, 2.75) is 49.7 Å². The lowest BCUT2D eigenvalue weighted by Crippen LogP contribution is -2.47. The predicted octanol–water partition coefficient (Wildman–Crippen LogP) is 2.53. The van der Waals surface area contributed by atoms with Gasteiger partial charge in [0.05, 0.1) is 19.3 Å². The van der Waals surface area contributed by atoms with E-state index < -0.39 is 10.0 Å². The number of hydrogen-bond donors (Lipinski definition) is 0. The third-order valence-electron chi connectivity index (χ3n) is 5.65. The van der Waals surface area contributed by atoms with Crippen LogP contribution in [0.4, 0.5) is 0 Å². The van der Waals surface area contributed by atoms with Gasteiger partial charge in [-0.25, -0.2) is 8.42 Å². The van der Waals surface area contributed by atoms with Crippen molar-refractivity contribution in [3.05, 3.63) is 36.7 Å². The summed E-state index contributed by atoms with van der Waals surface area (Å²) in [5.41, 5.74) is 0. The van der Waals surface area contributed by atoms with Crippen molar-refractivity contribution in [3.8, 4) is 11.5 Å². The molecular formula is C19H25N3O4S. The molecule has 2 unspecified atom stereocenters. The number of aryl methyl sites for hydroxylation is 1. The summed E-state index contributed by atoms with van der Waals surface area (Å²) in [5, 5.41) is 4.14. The minimum absolute atomic E-state index is 0.0592. The van der Waals surface area contributed by atoms with Crippen LogP contribution in [-0.2, 0) is 16.6 Å². The van der Waals surface area contributed by atoms with E-state index >= 15 is 0 Å². The summed E-state index contributed by atoms with van der Waals surface area (Å²) >= 11 is 0. The molecule has 1 aromatic carbocycles. The summed E-state index contributed by atoms with van der Waals surface area (Å²) in [6, 6.07) is 7.31. The Morgan fingerprint density at radius 1 is 1.26 bits per heavy atom. The number of rotatable bonds is 7. The molecule has 1 aliphatic carbocycles. The zero-order valence-electron chi connectivity index (χ0n) is 15.6. The van der Waals surface area contributed by atoms with Crippen LogP contribution < -0.4 is 9.47 Å². The highest BCUT2D eigenvalue weighted by atomic mass is 32.2. The number of fused-ring (bicyclic) bond motifs is 2. The average Bonchev–Trinajstić information content (AvgIpc) is 3.41. The zero-order valence-corrected chi connectivity index (χ0v) is 16.4. The van der Waals surface area contributed by atoms with Gasteiger partial charge < -0.3 is 9.47 Å². The quantitative estimate of drug-likeness (QED) is 0.725. The number of hydrogen-bond acceptors (Lipinski definition) is 5.